The number of hydrogen-bond acceptors (Lipinski definition) is 4. The summed E-state index contributed by atoms with van der Waals surface area (Å²) in [4.78, 5) is 6.50. The average Bonchev–Trinajstić information content (AvgIpc) is 4.26. The molecule has 0 spiro atoms. The van der Waals surface area contributed by atoms with Crippen molar-refractivity contribution in [3.63, 3.8) is 0 Å². The number of thiophene rings is 2. The fourth-order valence-electron chi connectivity index (χ4n) is 7.96. The molecule has 6 heteroatoms. The van der Waals surface area contributed by atoms with Gasteiger partial charge in [0.25, 0.3) is 0 Å². The van der Waals surface area contributed by atoms with Gasteiger partial charge in [0.05, 0.1) is 6.26 Å². The highest BCUT2D eigenvalue weighted by Crippen LogP contribution is 2.33. The first-order valence-electron chi connectivity index (χ1n) is 21.8. The summed E-state index contributed by atoms with van der Waals surface area (Å²) < 4.78 is 14.9. The molecule has 0 aliphatic rings. The Morgan fingerprint density at radius 2 is 0.773 bits per heavy atom. The van der Waals surface area contributed by atoms with Crippen LogP contribution in [-0.4, -0.2) is 9.97 Å². The molecule has 0 saturated carbocycles. The van der Waals surface area contributed by atoms with Crippen molar-refractivity contribution in [2.45, 2.75) is 0 Å². The Morgan fingerprint density at radius 1 is 0.318 bits per heavy atom. The fraction of sp³-hybridized carbons (Fsp3) is 0. The number of para-hydroxylation sites is 6. The van der Waals surface area contributed by atoms with Gasteiger partial charge in [0.1, 0.15) is 16.7 Å². The molecule has 6 heterocycles. The first-order chi connectivity index (χ1) is 32.7. The van der Waals surface area contributed by atoms with Crippen LogP contribution in [0.15, 0.2) is 263 Å². The summed E-state index contributed by atoms with van der Waals surface area (Å²) in [6.07, 6.45) is 3.65. The number of rotatable bonds is 0. The van der Waals surface area contributed by atoms with Gasteiger partial charge in [-0.05, 0) is 88.9 Å². The molecule has 6 aromatic heterocycles. The SMILES string of the molecule is c1ccc2[nH]ccc2c1.c1ccc2c(c1)[nH]c1ccccc12.c1ccc2c(c1)oc1ccccc12.c1ccc2c(c1)sc1ccccc12.c1ccc2occc2c1.c1ccc2sccc2c1. The Kier molecular flexibility index (Phi) is 12.8. The van der Waals surface area contributed by atoms with E-state index in [0.717, 1.165) is 22.1 Å². The number of furan rings is 2. The summed E-state index contributed by atoms with van der Waals surface area (Å²) in [6, 6.07) is 80.8. The lowest BCUT2D eigenvalue weighted by Gasteiger charge is -1.88. The van der Waals surface area contributed by atoms with Crippen molar-refractivity contribution in [3.8, 4) is 0 Å². The topological polar surface area (TPSA) is 57.9 Å². The Hall–Kier alpha value is -8.16. The van der Waals surface area contributed by atoms with E-state index in [9.17, 15) is 0 Å². The lowest BCUT2D eigenvalue weighted by atomic mass is 10.2. The van der Waals surface area contributed by atoms with Crippen LogP contribution in [0.5, 0.6) is 0 Å². The van der Waals surface area contributed by atoms with Crippen LogP contribution < -0.4 is 0 Å². The van der Waals surface area contributed by atoms with Gasteiger partial charge in [-0.2, -0.15) is 0 Å². The molecule has 318 valence electrons. The summed E-state index contributed by atoms with van der Waals surface area (Å²) in [6.45, 7) is 0. The van der Waals surface area contributed by atoms with Crippen LogP contribution in [0, 0.1) is 0 Å². The van der Waals surface area contributed by atoms with E-state index < -0.39 is 0 Å². The van der Waals surface area contributed by atoms with Crippen molar-refractivity contribution in [2.24, 2.45) is 0 Å². The third-order valence-electron chi connectivity index (χ3n) is 11.2. The number of nitrogens with one attached hydrogen (secondary N) is 2. The van der Waals surface area contributed by atoms with Gasteiger partial charge >= 0.3 is 0 Å². The molecule has 15 rings (SSSR count). The summed E-state index contributed by atoms with van der Waals surface area (Å²) >= 11 is 3.65. The molecule has 0 unspecified atom stereocenters. The van der Waals surface area contributed by atoms with Crippen molar-refractivity contribution < 1.29 is 8.83 Å². The molecule has 0 aliphatic heterocycles. The summed E-state index contributed by atoms with van der Waals surface area (Å²) in [5.41, 5.74) is 6.51. The molecule has 66 heavy (non-hydrogen) atoms. The molecular formula is C60H44N2O2S2. The molecule has 0 bridgehead atoms. The Morgan fingerprint density at radius 3 is 1.35 bits per heavy atom. The second kappa shape index (κ2) is 20.1. The van der Waals surface area contributed by atoms with E-state index in [-0.39, 0.29) is 0 Å². The molecule has 9 aromatic carbocycles. The normalized spacial score (nSPS) is 10.7. The van der Waals surface area contributed by atoms with Crippen molar-refractivity contribution in [3.05, 3.63) is 254 Å². The molecule has 15 aromatic rings. The quantitative estimate of drug-likeness (QED) is 0.159. The third-order valence-corrected chi connectivity index (χ3v) is 13.2. The number of aromatic nitrogens is 2. The molecule has 0 saturated heterocycles. The molecule has 0 aliphatic carbocycles. The van der Waals surface area contributed by atoms with Crippen LogP contribution in [-0.2, 0) is 0 Å². The van der Waals surface area contributed by atoms with E-state index in [1.807, 2.05) is 96.4 Å². The van der Waals surface area contributed by atoms with E-state index in [1.165, 1.54) is 73.7 Å². The number of fused-ring (bicyclic) bond motifs is 12. The molecule has 0 amide bonds. The Balaban J connectivity index is 0.0000000938. The molecule has 0 radical (unpaired) electrons. The van der Waals surface area contributed by atoms with E-state index >= 15 is 0 Å². The second-order valence-electron chi connectivity index (χ2n) is 15.4. The lowest BCUT2D eigenvalue weighted by Crippen LogP contribution is -1.62. The molecule has 2 N–H and O–H groups in total. The maximum atomic E-state index is 5.65. The van der Waals surface area contributed by atoms with Gasteiger partial charge in [-0.3, -0.25) is 0 Å². The van der Waals surface area contributed by atoms with E-state index in [0.29, 0.717) is 0 Å². The van der Waals surface area contributed by atoms with Gasteiger partial charge in [-0.1, -0.05) is 164 Å². The van der Waals surface area contributed by atoms with Crippen LogP contribution in [0.1, 0.15) is 0 Å². The van der Waals surface area contributed by atoms with Crippen molar-refractivity contribution in [1.29, 1.82) is 0 Å². The minimum Gasteiger partial charge on any atom is -0.464 e. The van der Waals surface area contributed by atoms with Gasteiger partial charge in [-0.15, -0.1) is 22.7 Å². The Bertz CT molecular complexity index is 3290. The van der Waals surface area contributed by atoms with Crippen molar-refractivity contribution in [1.82, 2.24) is 9.97 Å². The van der Waals surface area contributed by atoms with E-state index in [1.54, 1.807) is 17.6 Å². The maximum Gasteiger partial charge on any atom is 0.135 e. The van der Waals surface area contributed by atoms with Gasteiger partial charge < -0.3 is 18.8 Å². The largest absolute Gasteiger partial charge is 0.464 e. The molecule has 0 fully saturated rings. The zero-order valence-corrected chi connectivity index (χ0v) is 37.5. The highest BCUT2D eigenvalue weighted by molar-refractivity contribution is 7.25. The second-order valence-corrected chi connectivity index (χ2v) is 17.4. The Labute approximate surface area is 389 Å². The molecular weight excluding hydrogens is 845 g/mol. The first kappa shape index (κ1) is 41.8. The minimum atomic E-state index is 0.956. The summed E-state index contributed by atoms with van der Waals surface area (Å²) in [7, 11) is 0. The zero-order valence-electron chi connectivity index (χ0n) is 35.9. The summed E-state index contributed by atoms with van der Waals surface area (Å²) in [5.74, 6) is 0. The monoisotopic (exact) mass is 888 g/mol. The predicted molar refractivity (Wildman–Crippen MR) is 285 cm³/mol. The zero-order chi connectivity index (χ0) is 44.3. The average molecular weight is 889 g/mol. The lowest BCUT2D eigenvalue weighted by molar-refractivity contribution is 0.616. The van der Waals surface area contributed by atoms with Crippen LogP contribution in [0.2, 0.25) is 0 Å². The molecule has 4 nitrogen and oxygen atoms in total. The summed E-state index contributed by atoms with van der Waals surface area (Å²) in [5, 5.41) is 13.7. The predicted octanol–water partition coefficient (Wildman–Crippen LogP) is 18.5. The number of benzene rings is 9. The van der Waals surface area contributed by atoms with E-state index in [2.05, 4.69) is 173 Å². The number of hydrogen-bond donors (Lipinski definition) is 2. The minimum absolute atomic E-state index is 0.956. The molecule has 0 atom stereocenters. The maximum absolute atomic E-state index is 5.65. The van der Waals surface area contributed by atoms with Crippen molar-refractivity contribution >= 4 is 119 Å². The highest BCUT2D eigenvalue weighted by Gasteiger charge is 2.04. The number of H-pyrrole nitrogens is 2. The van der Waals surface area contributed by atoms with Gasteiger partial charge in [0.15, 0.2) is 0 Å². The van der Waals surface area contributed by atoms with E-state index in [4.69, 9.17) is 8.83 Å². The van der Waals surface area contributed by atoms with Gasteiger partial charge in [0.2, 0.25) is 0 Å². The van der Waals surface area contributed by atoms with Crippen LogP contribution in [0.25, 0.3) is 95.9 Å². The standard InChI is InChI=1S/C12H9N.C12H8O.C12H8S.C8H7N.C8H6O.C8H6S/c3*1-3-7-11-9(5-1)10-6-2-4-8-12(10)13-11;3*1-2-4-8-7(3-1)5-6-9-8/h1-8,13H;2*1-8H;1-6,9H;2*1-6H. The van der Waals surface area contributed by atoms with Crippen LogP contribution in [0.3, 0.4) is 0 Å². The van der Waals surface area contributed by atoms with Gasteiger partial charge in [0, 0.05) is 74.6 Å². The van der Waals surface area contributed by atoms with Crippen LogP contribution >= 0.6 is 22.7 Å². The third kappa shape index (κ3) is 9.52. The fourth-order valence-corrected chi connectivity index (χ4v) is 9.85. The van der Waals surface area contributed by atoms with Crippen molar-refractivity contribution in [2.75, 3.05) is 0 Å². The number of aromatic amines is 2. The smallest absolute Gasteiger partial charge is 0.135 e. The highest BCUT2D eigenvalue weighted by atomic mass is 32.1. The van der Waals surface area contributed by atoms with Crippen LogP contribution in [0.4, 0.5) is 0 Å². The van der Waals surface area contributed by atoms with Gasteiger partial charge in [-0.25, -0.2) is 0 Å². The first-order valence-corrected chi connectivity index (χ1v) is 23.5.